The van der Waals surface area contributed by atoms with Gasteiger partial charge in [-0.3, -0.25) is 9.59 Å². The summed E-state index contributed by atoms with van der Waals surface area (Å²) in [5.74, 6) is 1.45. The van der Waals surface area contributed by atoms with Crippen LogP contribution in [0.1, 0.15) is 37.7 Å². The van der Waals surface area contributed by atoms with Gasteiger partial charge in [-0.25, -0.2) is 0 Å². The van der Waals surface area contributed by atoms with Crippen LogP contribution >= 0.6 is 11.8 Å². The Kier molecular flexibility index (Phi) is 6.11. The molecule has 0 atom stereocenters. The predicted molar refractivity (Wildman–Crippen MR) is 85.4 cm³/mol. The molecule has 0 unspecified atom stereocenters. The zero-order chi connectivity index (χ0) is 15.1. The summed E-state index contributed by atoms with van der Waals surface area (Å²) in [7, 11) is 0. The molecule has 5 heteroatoms. The number of benzene rings is 1. The van der Waals surface area contributed by atoms with Crippen LogP contribution < -0.4 is 5.32 Å². The van der Waals surface area contributed by atoms with Crippen LogP contribution in [0.5, 0.6) is 0 Å². The molecule has 1 aromatic carbocycles. The Morgan fingerprint density at radius 2 is 2.10 bits per heavy atom. The summed E-state index contributed by atoms with van der Waals surface area (Å²) >= 11 is 1.59. The molecule has 1 aliphatic carbocycles. The molecule has 1 aliphatic rings. The second-order valence-electron chi connectivity index (χ2n) is 5.43. The fraction of sp³-hybridized carbons (Fsp3) is 0.500. The topological polar surface area (TPSA) is 66.4 Å². The number of carboxylic acids is 1. The molecule has 0 saturated heterocycles. The normalized spacial score (nSPS) is 13.9. The van der Waals surface area contributed by atoms with Gasteiger partial charge in [-0.2, -0.15) is 11.8 Å². The van der Waals surface area contributed by atoms with Crippen molar-refractivity contribution in [3.05, 3.63) is 29.8 Å². The van der Waals surface area contributed by atoms with Crippen molar-refractivity contribution in [2.24, 2.45) is 5.92 Å². The number of carboxylic acid groups (broad SMARTS) is 1. The summed E-state index contributed by atoms with van der Waals surface area (Å²) in [6, 6.07) is 7.76. The van der Waals surface area contributed by atoms with Crippen LogP contribution in [0.25, 0.3) is 0 Å². The molecule has 2 N–H and O–H groups in total. The minimum atomic E-state index is -0.765. The van der Waals surface area contributed by atoms with E-state index in [1.807, 2.05) is 24.3 Å². The zero-order valence-electron chi connectivity index (χ0n) is 12.0. The lowest BCUT2D eigenvalue weighted by Crippen LogP contribution is -2.11. The molecule has 0 radical (unpaired) electrons. The third-order valence-corrected chi connectivity index (χ3v) is 4.45. The average Bonchev–Trinajstić information content (AvgIpc) is 3.26. The van der Waals surface area contributed by atoms with E-state index >= 15 is 0 Å². The Morgan fingerprint density at radius 3 is 2.81 bits per heavy atom. The Hall–Kier alpha value is -1.49. The maximum absolute atomic E-state index is 11.8. The van der Waals surface area contributed by atoms with E-state index in [0.717, 1.165) is 29.3 Å². The van der Waals surface area contributed by atoms with Crippen LogP contribution in [0.2, 0.25) is 0 Å². The van der Waals surface area contributed by atoms with Gasteiger partial charge in [0.05, 0.1) is 6.42 Å². The van der Waals surface area contributed by atoms with Crippen LogP contribution in [-0.2, 0) is 15.3 Å². The highest BCUT2D eigenvalue weighted by atomic mass is 32.2. The Balaban J connectivity index is 1.73. The van der Waals surface area contributed by atoms with Crippen molar-refractivity contribution in [3.63, 3.8) is 0 Å². The first-order valence-corrected chi connectivity index (χ1v) is 8.47. The first-order chi connectivity index (χ1) is 10.1. The summed E-state index contributed by atoms with van der Waals surface area (Å²) in [6.07, 6.45) is 4.33. The highest BCUT2D eigenvalue weighted by Crippen LogP contribution is 2.33. The van der Waals surface area contributed by atoms with E-state index in [4.69, 9.17) is 5.11 Å². The third-order valence-electron chi connectivity index (χ3n) is 3.42. The van der Waals surface area contributed by atoms with Gasteiger partial charge in [-0.05, 0) is 30.0 Å². The summed E-state index contributed by atoms with van der Waals surface area (Å²) in [5.41, 5.74) is 1.93. The summed E-state index contributed by atoms with van der Waals surface area (Å²) in [4.78, 5) is 22.2. The fourth-order valence-corrected chi connectivity index (χ4v) is 2.93. The SMILES string of the molecule is O=C(O)CCSCc1cccc(NC(=O)CCC2CC2)c1. The molecule has 1 saturated carbocycles. The first-order valence-electron chi connectivity index (χ1n) is 7.32. The molecule has 0 aliphatic heterocycles. The molecule has 114 valence electrons. The zero-order valence-corrected chi connectivity index (χ0v) is 12.8. The van der Waals surface area contributed by atoms with Gasteiger partial charge < -0.3 is 10.4 Å². The Labute approximate surface area is 129 Å². The van der Waals surface area contributed by atoms with E-state index in [2.05, 4.69) is 5.32 Å². The van der Waals surface area contributed by atoms with Crippen molar-refractivity contribution < 1.29 is 14.7 Å². The number of carbonyl (C=O) groups excluding carboxylic acids is 1. The standard InChI is InChI=1S/C16H21NO3S/c18-15(7-6-12-4-5-12)17-14-3-1-2-13(10-14)11-21-9-8-16(19)20/h1-3,10,12H,4-9,11H2,(H,17,18)(H,19,20). The second-order valence-corrected chi connectivity index (χ2v) is 6.53. The average molecular weight is 307 g/mol. The van der Waals surface area contributed by atoms with Crippen LogP contribution in [0.3, 0.4) is 0 Å². The summed E-state index contributed by atoms with van der Waals surface area (Å²) < 4.78 is 0. The van der Waals surface area contributed by atoms with E-state index in [1.54, 1.807) is 11.8 Å². The molecule has 2 rings (SSSR count). The Bertz CT molecular complexity index is 500. The lowest BCUT2D eigenvalue weighted by atomic mass is 10.2. The number of thioether (sulfide) groups is 1. The number of nitrogens with one attached hydrogen (secondary N) is 1. The molecule has 21 heavy (non-hydrogen) atoms. The van der Waals surface area contributed by atoms with Crippen LogP contribution in [0.15, 0.2) is 24.3 Å². The number of carbonyl (C=O) groups is 2. The highest BCUT2D eigenvalue weighted by molar-refractivity contribution is 7.98. The summed E-state index contributed by atoms with van der Waals surface area (Å²) in [5, 5.41) is 11.5. The molecular weight excluding hydrogens is 286 g/mol. The molecule has 0 bridgehead atoms. The van der Waals surface area contributed by atoms with E-state index in [0.29, 0.717) is 12.2 Å². The van der Waals surface area contributed by atoms with Crippen molar-refractivity contribution in [3.8, 4) is 0 Å². The van der Waals surface area contributed by atoms with Gasteiger partial charge >= 0.3 is 5.97 Å². The minimum absolute atomic E-state index is 0.0811. The maximum atomic E-state index is 11.8. The smallest absolute Gasteiger partial charge is 0.304 e. The van der Waals surface area contributed by atoms with Gasteiger partial charge in [0.15, 0.2) is 0 Å². The van der Waals surface area contributed by atoms with Gasteiger partial charge in [0.1, 0.15) is 0 Å². The van der Waals surface area contributed by atoms with E-state index < -0.39 is 5.97 Å². The number of aliphatic carboxylic acids is 1. The second kappa shape index (κ2) is 8.08. The molecule has 1 aromatic rings. The molecule has 0 heterocycles. The number of amides is 1. The van der Waals surface area contributed by atoms with E-state index in [-0.39, 0.29) is 12.3 Å². The monoisotopic (exact) mass is 307 g/mol. The first kappa shape index (κ1) is 15.9. The number of hydrogen-bond acceptors (Lipinski definition) is 3. The van der Waals surface area contributed by atoms with Gasteiger partial charge in [-0.1, -0.05) is 25.0 Å². The van der Waals surface area contributed by atoms with Crippen molar-refractivity contribution in [2.75, 3.05) is 11.1 Å². The Morgan fingerprint density at radius 1 is 1.29 bits per heavy atom. The van der Waals surface area contributed by atoms with Crippen molar-refractivity contribution in [1.29, 1.82) is 0 Å². The molecule has 1 fully saturated rings. The number of hydrogen-bond donors (Lipinski definition) is 2. The molecular formula is C16H21NO3S. The van der Waals surface area contributed by atoms with Crippen LogP contribution in [0, 0.1) is 5.92 Å². The van der Waals surface area contributed by atoms with Crippen LogP contribution in [0.4, 0.5) is 5.69 Å². The molecule has 0 spiro atoms. The van der Waals surface area contributed by atoms with Crippen LogP contribution in [-0.4, -0.2) is 22.7 Å². The fourth-order valence-electron chi connectivity index (χ4n) is 2.05. The van der Waals surface area contributed by atoms with Gasteiger partial charge in [0.25, 0.3) is 0 Å². The van der Waals surface area contributed by atoms with Gasteiger partial charge in [-0.15, -0.1) is 0 Å². The number of rotatable bonds is 9. The highest BCUT2D eigenvalue weighted by Gasteiger charge is 2.21. The lowest BCUT2D eigenvalue weighted by molar-refractivity contribution is -0.136. The van der Waals surface area contributed by atoms with Gasteiger partial charge in [0.2, 0.25) is 5.91 Å². The van der Waals surface area contributed by atoms with E-state index in [1.165, 1.54) is 12.8 Å². The predicted octanol–water partition coefficient (Wildman–Crippen LogP) is 3.52. The quantitative estimate of drug-likeness (QED) is 0.685. The van der Waals surface area contributed by atoms with Crippen molar-refractivity contribution in [2.45, 2.75) is 37.9 Å². The van der Waals surface area contributed by atoms with Crippen molar-refractivity contribution >= 4 is 29.3 Å². The molecule has 0 aromatic heterocycles. The lowest BCUT2D eigenvalue weighted by Gasteiger charge is -2.07. The number of anilines is 1. The molecule has 1 amide bonds. The third kappa shape index (κ3) is 6.67. The van der Waals surface area contributed by atoms with Crippen molar-refractivity contribution in [1.82, 2.24) is 0 Å². The molecule has 4 nitrogen and oxygen atoms in total. The minimum Gasteiger partial charge on any atom is -0.481 e. The van der Waals surface area contributed by atoms with Gasteiger partial charge in [0, 0.05) is 23.6 Å². The summed E-state index contributed by atoms with van der Waals surface area (Å²) in [6.45, 7) is 0. The maximum Gasteiger partial charge on any atom is 0.304 e. The largest absolute Gasteiger partial charge is 0.481 e. The van der Waals surface area contributed by atoms with E-state index in [9.17, 15) is 9.59 Å².